The molecule has 0 saturated heterocycles. The molecule has 1 aliphatic rings. The van der Waals surface area contributed by atoms with E-state index >= 15 is 0 Å². The Labute approximate surface area is 168 Å². The molecule has 148 valence electrons. The highest BCUT2D eigenvalue weighted by atomic mass is 19.3. The minimum atomic E-state index is -2.60. The molecule has 1 aromatic heterocycles. The lowest BCUT2D eigenvalue weighted by Gasteiger charge is -2.20. The van der Waals surface area contributed by atoms with Crippen LogP contribution in [0.2, 0.25) is 0 Å². The lowest BCUT2D eigenvalue weighted by molar-refractivity contribution is -0.111. The summed E-state index contributed by atoms with van der Waals surface area (Å²) in [5.41, 5.74) is 6.49. The SMILES string of the molecule is C=CC(=O)Nc1cccc(-c2cccc3[nH]c(C4=CCC(F)(F)CC4)cc23)c1C. The molecule has 3 nitrogen and oxygen atoms in total. The third kappa shape index (κ3) is 3.73. The molecule has 0 bridgehead atoms. The van der Waals surface area contributed by atoms with Gasteiger partial charge in [-0.1, -0.05) is 36.9 Å². The fourth-order valence-corrected chi connectivity index (χ4v) is 3.85. The number of halogens is 2. The van der Waals surface area contributed by atoms with Crippen molar-refractivity contribution >= 4 is 28.1 Å². The monoisotopic (exact) mass is 392 g/mol. The average Bonchev–Trinajstić information content (AvgIpc) is 3.14. The molecule has 29 heavy (non-hydrogen) atoms. The topological polar surface area (TPSA) is 44.9 Å². The van der Waals surface area contributed by atoms with Gasteiger partial charge < -0.3 is 10.3 Å². The first-order valence-corrected chi connectivity index (χ1v) is 9.60. The van der Waals surface area contributed by atoms with Crippen molar-refractivity contribution in [3.63, 3.8) is 0 Å². The highest BCUT2D eigenvalue weighted by Gasteiger charge is 2.31. The second kappa shape index (κ2) is 7.32. The Bertz CT molecular complexity index is 1140. The minimum absolute atomic E-state index is 0.120. The number of nitrogens with one attached hydrogen (secondary N) is 2. The standard InChI is InChI=1S/C24H22F2N2O/c1-3-23(29)28-20-8-4-6-17(15(20)2)18-7-5-9-21-19(18)14-22(27-21)16-10-12-24(25,26)13-11-16/h3-10,14,27H,1,11-13H2,2H3,(H,28,29). The van der Waals surface area contributed by atoms with Gasteiger partial charge in [0, 0.05) is 35.1 Å². The van der Waals surface area contributed by atoms with E-state index in [9.17, 15) is 13.6 Å². The molecular formula is C24H22F2N2O. The number of hydrogen-bond acceptors (Lipinski definition) is 1. The van der Waals surface area contributed by atoms with Crippen molar-refractivity contribution in [3.05, 3.63) is 72.5 Å². The van der Waals surface area contributed by atoms with Gasteiger partial charge in [0.05, 0.1) is 0 Å². The molecule has 0 saturated carbocycles. The van der Waals surface area contributed by atoms with Crippen LogP contribution in [-0.2, 0) is 4.79 Å². The van der Waals surface area contributed by atoms with Crippen LogP contribution in [0.3, 0.4) is 0 Å². The first-order valence-electron chi connectivity index (χ1n) is 9.60. The molecule has 2 aromatic carbocycles. The molecule has 0 aliphatic heterocycles. The van der Waals surface area contributed by atoms with Crippen molar-refractivity contribution < 1.29 is 13.6 Å². The Morgan fingerprint density at radius 2 is 1.97 bits per heavy atom. The van der Waals surface area contributed by atoms with E-state index in [1.807, 2.05) is 49.4 Å². The number of H-pyrrole nitrogens is 1. The van der Waals surface area contributed by atoms with Crippen LogP contribution in [0.1, 0.15) is 30.5 Å². The Morgan fingerprint density at radius 3 is 2.69 bits per heavy atom. The summed E-state index contributed by atoms with van der Waals surface area (Å²) in [7, 11) is 0. The van der Waals surface area contributed by atoms with Gasteiger partial charge in [0.15, 0.2) is 0 Å². The zero-order valence-electron chi connectivity index (χ0n) is 16.2. The molecule has 5 heteroatoms. The molecule has 1 heterocycles. The summed E-state index contributed by atoms with van der Waals surface area (Å²) in [5.74, 6) is -2.86. The van der Waals surface area contributed by atoms with Crippen LogP contribution in [0.4, 0.5) is 14.5 Å². The van der Waals surface area contributed by atoms with E-state index in [-0.39, 0.29) is 18.7 Å². The van der Waals surface area contributed by atoms with Crippen LogP contribution in [0.25, 0.3) is 27.6 Å². The van der Waals surface area contributed by atoms with Crippen molar-refractivity contribution in [2.24, 2.45) is 0 Å². The third-order valence-electron chi connectivity index (χ3n) is 5.48. The van der Waals surface area contributed by atoms with E-state index in [2.05, 4.69) is 16.9 Å². The maximum Gasteiger partial charge on any atom is 0.251 e. The van der Waals surface area contributed by atoms with E-state index in [0.29, 0.717) is 6.42 Å². The number of hydrogen-bond donors (Lipinski definition) is 2. The van der Waals surface area contributed by atoms with Crippen LogP contribution in [-0.4, -0.2) is 16.8 Å². The Balaban J connectivity index is 1.77. The predicted octanol–water partition coefficient (Wildman–Crippen LogP) is 6.47. The summed E-state index contributed by atoms with van der Waals surface area (Å²) in [4.78, 5) is 15.1. The Kier molecular flexibility index (Phi) is 4.82. The molecule has 0 radical (unpaired) electrons. The van der Waals surface area contributed by atoms with Gasteiger partial charge in [0.1, 0.15) is 0 Å². The Morgan fingerprint density at radius 1 is 1.21 bits per heavy atom. The van der Waals surface area contributed by atoms with Crippen LogP contribution >= 0.6 is 0 Å². The molecule has 1 amide bonds. The molecule has 2 N–H and O–H groups in total. The number of aromatic nitrogens is 1. The first-order chi connectivity index (χ1) is 13.9. The van der Waals surface area contributed by atoms with Gasteiger partial charge in [-0.15, -0.1) is 0 Å². The van der Waals surface area contributed by atoms with Crippen LogP contribution in [0, 0.1) is 6.92 Å². The fraction of sp³-hybridized carbons (Fsp3) is 0.208. The normalized spacial score (nSPS) is 15.8. The van der Waals surface area contributed by atoms with Gasteiger partial charge in [-0.2, -0.15) is 0 Å². The Hall–Kier alpha value is -3.21. The lowest BCUT2D eigenvalue weighted by atomic mass is 9.93. The molecule has 1 aliphatic carbocycles. The number of benzene rings is 2. The largest absolute Gasteiger partial charge is 0.355 e. The van der Waals surface area contributed by atoms with E-state index in [1.54, 1.807) is 6.08 Å². The van der Waals surface area contributed by atoms with E-state index in [0.717, 1.165) is 44.5 Å². The van der Waals surface area contributed by atoms with Gasteiger partial charge in [0.2, 0.25) is 5.91 Å². The van der Waals surface area contributed by atoms with Gasteiger partial charge in [-0.25, -0.2) is 8.78 Å². The average molecular weight is 392 g/mol. The molecule has 0 atom stereocenters. The van der Waals surface area contributed by atoms with Crippen molar-refractivity contribution in [1.82, 2.24) is 4.98 Å². The van der Waals surface area contributed by atoms with Crippen LogP contribution in [0.5, 0.6) is 0 Å². The summed E-state index contributed by atoms with van der Waals surface area (Å²) in [5, 5.41) is 3.86. The predicted molar refractivity (Wildman–Crippen MR) is 114 cm³/mol. The zero-order chi connectivity index (χ0) is 20.6. The van der Waals surface area contributed by atoms with Gasteiger partial charge in [-0.05, 0) is 59.9 Å². The number of fused-ring (bicyclic) bond motifs is 1. The number of carbonyl (C=O) groups is 1. The van der Waals surface area contributed by atoms with Crippen LogP contribution in [0.15, 0.2) is 61.2 Å². The van der Waals surface area contributed by atoms with Gasteiger partial charge >= 0.3 is 0 Å². The van der Waals surface area contributed by atoms with Crippen LogP contribution < -0.4 is 5.32 Å². The molecule has 3 aromatic rings. The van der Waals surface area contributed by atoms with Gasteiger partial charge in [-0.3, -0.25) is 4.79 Å². The fourth-order valence-electron chi connectivity index (χ4n) is 3.85. The quantitative estimate of drug-likeness (QED) is 0.491. The van der Waals surface area contributed by atoms with Gasteiger partial charge in [0.25, 0.3) is 5.92 Å². The molecular weight excluding hydrogens is 370 g/mol. The second-order valence-electron chi connectivity index (χ2n) is 7.41. The number of carbonyl (C=O) groups excluding carboxylic acids is 1. The van der Waals surface area contributed by atoms with E-state index in [1.165, 1.54) is 6.08 Å². The van der Waals surface area contributed by atoms with Crippen molar-refractivity contribution in [2.45, 2.75) is 32.1 Å². The van der Waals surface area contributed by atoms with Crippen molar-refractivity contribution in [1.29, 1.82) is 0 Å². The third-order valence-corrected chi connectivity index (χ3v) is 5.48. The molecule has 0 spiro atoms. The lowest BCUT2D eigenvalue weighted by Crippen LogP contribution is -2.18. The molecule has 4 rings (SSSR count). The summed E-state index contributed by atoms with van der Waals surface area (Å²) in [6.07, 6.45) is 2.91. The minimum Gasteiger partial charge on any atom is -0.355 e. The number of anilines is 1. The molecule has 0 fully saturated rings. The van der Waals surface area contributed by atoms with E-state index in [4.69, 9.17) is 0 Å². The smallest absolute Gasteiger partial charge is 0.251 e. The highest BCUT2D eigenvalue weighted by molar-refractivity contribution is 6.02. The number of amides is 1. The number of allylic oxidation sites excluding steroid dienone is 2. The number of aromatic amines is 1. The van der Waals surface area contributed by atoms with E-state index < -0.39 is 5.92 Å². The number of alkyl halides is 2. The van der Waals surface area contributed by atoms with Crippen molar-refractivity contribution in [2.75, 3.05) is 5.32 Å². The van der Waals surface area contributed by atoms with Crippen molar-refractivity contribution in [3.8, 4) is 11.1 Å². The summed E-state index contributed by atoms with van der Waals surface area (Å²) in [6, 6.07) is 13.8. The highest BCUT2D eigenvalue weighted by Crippen LogP contribution is 2.39. The first kappa shape index (κ1) is 19.1. The summed E-state index contributed by atoms with van der Waals surface area (Å²) in [6.45, 7) is 5.46. The summed E-state index contributed by atoms with van der Waals surface area (Å²) < 4.78 is 27.0. The second-order valence-corrected chi connectivity index (χ2v) is 7.41. The number of rotatable bonds is 4. The zero-order valence-corrected chi connectivity index (χ0v) is 16.2. The summed E-state index contributed by atoms with van der Waals surface area (Å²) >= 11 is 0. The maximum atomic E-state index is 13.5. The molecule has 0 unspecified atom stereocenters. The maximum absolute atomic E-state index is 13.5.